The Hall–Kier alpha value is -1.87. The Kier molecular flexibility index (Phi) is 7.66. The van der Waals surface area contributed by atoms with Crippen molar-refractivity contribution in [3.8, 4) is 5.69 Å². The maximum absolute atomic E-state index is 10.9. The average Bonchev–Trinajstić information content (AvgIpc) is 3.56. The minimum absolute atomic E-state index is 0.0326. The lowest BCUT2D eigenvalue weighted by atomic mass is 10.1. The average molecular weight is 443 g/mol. The SMILES string of the molecule is CN1CCSC1.Cc1cc(N2CCN(C3CNC(C=O)C3)CC2)n(-c2ccccc2)n1. The Morgan fingerprint density at radius 1 is 1.13 bits per heavy atom. The molecule has 0 saturated carbocycles. The standard InChI is InChI=1S/C19H25N5O.C4H9NS/c1-15-11-19(24(21-15)17-5-3-2-4-6-17)23-9-7-22(8-10-23)18-12-16(14-25)20-13-18;1-5-2-3-6-4-5/h2-6,11,14,16,18,20H,7-10,12-13H2,1H3;2-4H2,1H3. The minimum atomic E-state index is 0.0326. The second kappa shape index (κ2) is 10.6. The normalized spacial score (nSPS) is 24.8. The molecular formula is C23H34N6OS. The summed E-state index contributed by atoms with van der Waals surface area (Å²) in [6.07, 6.45) is 1.97. The molecule has 31 heavy (non-hydrogen) atoms. The van der Waals surface area contributed by atoms with E-state index in [1.165, 1.54) is 24.0 Å². The number of para-hydroxylation sites is 1. The van der Waals surface area contributed by atoms with Crippen LogP contribution in [-0.2, 0) is 4.79 Å². The molecule has 3 saturated heterocycles. The van der Waals surface area contributed by atoms with Crippen molar-refractivity contribution in [1.29, 1.82) is 0 Å². The summed E-state index contributed by atoms with van der Waals surface area (Å²) in [4.78, 5) is 18.2. The van der Waals surface area contributed by atoms with Crippen LogP contribution in [0.2, 0.25) is 0 Å². The zero-order valence-corrected chi connectivity index (χ0v) is 19.4. The summed E-state index contributed by atoms with van der Waals surface area (Å²) < 4.78 is 2.05. The van der Waals surface area contributed by atoms with Crippen LogP contribution in [0, 0.1) is 6.92 Å². The van der Waals surface area contributed by atoms with E-state index in [1.807, 2.05) is 41.6 Å². The number of anilines is 1. The Morgan fingerprint density at radius 3 is 2.48 bits per heavy atom. The Balaban J connectivity index is 0.000000334. The van der Waals surface area contributed by atoms with Crippen LogP contribution in [0.1, 0.15) is 12.1 Å². The minimum Gasteiger partial charge on any atom is -0.354 e. The van der Waals surface area contributed by atoms with Crippen molar-refractivity contribution in [3.63, 3.8) is 0 Å². The summed E-state index contributed by atoms with van der Waals surface area (Å²) in [6, 6.07) is 13.0. The predicted molar refractivity (Wildman–Crippen MR) is 128 cm³/mol. The number of nitrogens with one attached hydrogen (secondary N) is 1. The highest BCUT2D eigenvalue weighted by Gasteiger charge is 2.31. The monoisotopic (exact) mass is 442 g/mol. The number of nitrogens with zero attached hydrogens (tertiary/aromatic N) is 5. The number of benzene rings is 1. The third-order valence-corrected chi connectivity index (χ3v) is 7.30. The second-order valence-corrected chi connectivity index (χ2v) is 9.65. The van der Waals surface area contributed by atoms with Crippen molar-refractivity contribution in [2.45, 2.75) is 25.4 Å². The predicted octanol–water partition coefficient (Wildman–Crippen LogP) is 1.85. The highest BCUT2D eigenvalue weighted by molar-refractivity contribution is 7.99. The molecule has 0 amide bonds. The molecular weight excluding hydrogens is 408 g/mol. The largest absolute Gasteiger partial charge is 0.354 e. The number of rotatable bonds is 4. The van der Waals surface area contributed by atoms with E-state index in [4.69, 9.17) is 0 Å². The van der Waals surface area contributed by atoms with Crippen LogP contribution in [0.5, 0.6) is 0 Å². The first-order chi connectivity index (χ1) is 15.1. The second-order valence-electron chi connectivity index (χ2n) is 8.57. The molecule has 3 aliphatic rings. The molecule has 0 bridgehead atoms. The van der Waals surface area contributed by atoms with Crippen LogP contribution in [0.15, 0.2) is 36.4 Å². The van der Waals surface area contributed by atoms with Gasteiger partial charge in [0.1, 0.15) is 12.1 Å². The topological polar surface area (TPSA) is 56.6 Å². The molecule has 0 aliphatic carbocycles. The van der Waals surface area contributed by atoms with Crippen molar-refractivity contribution in [3.05, 3.63) is 42.1 Å². The number of thioether (sulfide) groups is 1. The Bertz CT molecular complexity index is 830. The van der Waals surface area contributed by atoms with Gasteiger partial charge in [0.2, 0.25) is 0 Å². The third kappa shape index (κ3) is 5.68. The van der Waals surface area contributed by atoms with Gasteiger partial charge in [0.05, 0.1) is 17.4 Å². The van der Waals surface area contributed by atoms with Crippen LogP contribution in [0.4, 0.5) is 5.82 Å². The molecule has 3 aliphatic heterocycles. The maximum atomic E-state index is 10.9. The number of piperazine rings is 1. The lowest BCUT2D eigenvalue weighted by Crippen LogP contribution is -2.51. The van der Waals surface area contributed by atoms with E-state index < -0.39 is 0 Å². The fourth-order valence-corrected chi connectivity index (χ4v) is 5.43. The first-order valence-electron chi connectivity index (χ1n) is 11.2. The van der Waals surface area contributed by atoms with Crippen molar-refractivity contribution in [1.82, 2.24) is 24.9 Å². The smallest absolute Gasteiger partial charge is 0.136 e. The number of hydrogen-bond donors (Lipinski definition) is 1. The Labute approximate surface area is 189 Å². The van der Waals surface area contributed by atoms with E-state index in [0.29, 0.717) is 6.04 Å². The lowest BCUT2D eigenvalue weighted by molar-refractivity contribution is -0.109. The zero-order valence-electron chi connectivity index (χ0n) is 18.6. The molecule has 2 unspecified atom stereocenters. The molecule has 2 aromatic rings. The van der Waals surface area contributed by atoms with E-state index in [0.717, 1.165) is 56.8 Å². The van der Waals surface area contributed by atoms with Gasteiger partial charge in [0.25, 0.3) is 0 Å². The highest BCUT2D eigenvalue weighted by atomic mass is 32.2. The van der Waals surface area contributed by atoms with Gasteiger partial charge >= 0.3 is 0 Å². The van der Waals surface area contributed by atoms with Gasteiger partial charge < -0.3 is 15.0 Å². The summed E-state index contributed by atoms with van der Waals surface area (Å²) in [5.41, 5.74) is 2.14. The molecule has 5 rings (SSSR count). The number of carbonyl (C=O) groups is 1. The van der Waals surface area contributed by atoms with Crippen molar-refractivity contribution >= 4 is 23.9 Å². The van der Waals surface area contributed by atoms with E-state index in [2.05, 4.69) is 50.4 Å². The number of hydrogen-bond acceptors (Lipinski definition) is 7. The summed E-state index contributed by atoms with van der Waals surface area (Å²) >= 11 is 2.01. The quantitative estimate of drug-likeness (QED) is 0.726. The number of carbonyl (C=O) groups excluding carboxylic acids is 1. The van der Waals surface area contributed by atoms with E-state index in [-0.39, 0.29) is 6.04 Å². The highest BCUT2D eigenvalue weighted by Crippen LogP contribution is 2.24. The molecule has 7 nitrogen and oxygen atoms in total. The number of aryl methyl sites for hydroxylation is 1. The molecule has 168 valence electrons. The van der Waals surface area contributed by atoms with Gasteiger partial charge in [-0.1, -0.05) is 18.2 Å². The van der Waals surface area contributed by atoms with Crippen LogP contribution in [0.25, 0.3) is 5.69 Å². The summed E-state index contributed by atoms with van der Waals surface area (Å²) in [6.45, 7) is 8.27. The maximum Gasteiger partial charge on any atom is 0.136 e. The van der Waals surface area contributed by atoms with Gasteiger partial charge in [0, 0.05) is 63.0 Å². The van der Waals surface area contributed by atoms with Crippen molar-refractivity contribution in [2.24, 2.45) is 0 Å². The van der Waals surface area contributed by atoms with Crippen LogP contribution in [0.3, 0.4) is 0 Å². The van der Waals surface area contributed by atoms with Gasteiger partial charge in [-0.05, 0) is 32.5 Å². The molecule has 3 fully saturated rings. The molecule has 1 aromatic heterocycles. The van der Waals surface area contributed by atoms with Gasteiger partial charge in [-0.25, -0.2) is 4.68 Å². The van der Waals surface area contributed by atoms with Crippen molar-refractivity contribution < 1.29 is 4.79 Å². The van der Waals surface area contributed by atoms with E-state index >= 15 is 0 Å². The molecule has 8 heteroatoms. The molecule has 1 N–H and O–H groups in total. The van der Waals surface area contributed by atoms with Crippen LogP contribution < -0.4 is 10.2 Å². The van der Waals surface area contributed by atoms with Crippen LogP contribution in [-0.4, -0.2) is 95.9 Å². The number of aromatic nitrogens is 2. The Morgan fingerprint density at radius 2 is 1.90 bits per heavy atom. The summed E-state index contributed by atoms with van der Waals surface area (Å²) in [7, 11) is 2.15. The van der Waals surface area contributed by atoms with Gasteiger partial charge in [0.15, 0.2) is 0 Å². The van der Waals surface area contributed by atoms with Crippen LogP contribution >= 0.6 is 11.8 Å². The van der Waals surface area contributed by atoms with Gasteiger partial charge in [-0.15, -0.1) is 11.8 Å². The molecule has 2 atom stereocenters. The van der Waals surface area contributed by atoms with Gasteiger partial charge in [-0.2, -0.15) is 5.10 Å². The molecule has 0 radical (unpaired) electrons. The molecule has 1 aromatic carbocycles. The summed E-state index contributed by atoms with van der Waals surface area (Å²) in [5.74, 6) is 3.73. The zero-order chi connectivity index (χ0) is 21.6. The van der Waals surface area contributed by atoms with E-state index in [1.54, 1.807) is 0 Å². The van der Waals surface area contributed by atoms with Crippen molar-refractivity contribution in [2.75, 3.05) is 62.8 Å². The fourth-order valence-electron chi connectivity index (χ4n) is 4.42. The van der Waals surface area contributed by atoms with E-state index in [9.17, 15) is 4.79 Å². The lowest BCUT2D eigenvalue weighted by Gasteiger charge is -2.38. The molecule has 0 spiro atoms. The summed E-state index contributed by atoms with van der Waals surface area (Å²) in [5, 5.41) is 7.98. The number of aldehydes is 1. The molecule has 4 heterocycles. The first-order valence-corrected chi connectivity index (χ1v) is 12.4. The third-order valence-electron chi connectivity index (χ3n) is 6.20. The fraction of sp³-hybridized carbons (Fsp3) is 0.565. The first kappa shape index (κ1) is 22.3. The van der Waals surface area contributed by atoms with Gasteiger partial charge in [-0.3, -0.25) is 9.80 Å².